The highest BCUT2D eigenvalue weighted by Crippen LogP contribution is 2.25. The van der Waals surface area contributed by atoms with Gasteiger partial charge in [-0.3, -0.25) is 4.68 Å². The number of aromatic nitrogens is 2. The van der Waals surface area contributed by atoms with Crippen molar-refractivity contribution < 1.29 is 13.5 Å². The van der Waals surface area contributed by atoms with Crippen molar-refractivity contribution in [2.75, 3.05) is 31.1 Å². The van der Waals surface area contributed by atoms with E-state index in [4.69, 9.17) is 4.74 Å². The van der Waals surface area contributed by atoms with Gasteiger partial charge in [0.25, 0.3) is 0 Å². The van der Waals surface area contributed by atoms with Crippen molar-refractivity contribution in [1.29, 1.82) is 0 Å². The Bertz CT molecular complexity index is 1140. The summed E-state index contributed by atoms with van der Waals surface area (Å²) in [5.41, 5.74) is 2.69. The van der Waals surface area contributed by atoms with Crippen LogP contribution in [0.3, 0.4) is 0 Å². The summed E-state index contributed by atoms with van der Waals surface area (Å²) in [4.78, 5) is 4.62. The van der Waals surface area contributed by atoms with E-state index in [1.807, 2.05) is 24.5 Å². The van der Waals surface area contributed by atoms with E-state index in [1.54, 1.807) is 0 Å². The average molecular weight is 437 g/mol. The minimum Gasteiger partial charge on any atom is -0.489 e. The Labute approximate surface area is 186 Å². The van der Waals surface area contributed by atoms with Crippen LogP contribution < -0.4 is 4.90 Å². The number of halogens is 2. The van der Waals surface area contributed by atoms with Gasteiger partial charge in [-0.2, -0.15) is 5.10 Å². The van der Waals surface area contributed by atoms with Gasteiger partial charge in [-0.05, 0) is 74.0 Å². The standard InChI is InChI=1S/C25H26F2N4O/c26-21-13-19(14-22(27)16-21)18-32-24-5-9-30(10-6-24)23-3-4-25-20(15-23)17-28-31(25)12-11-29-7-1-2-8-29/h3-6,9,13-17H,1-2,7-8,10-12,18H2. The van der Waals surface area contributed by atoms with E-state index in [9.17, 15) is 8.78 Å². The molecule has 2 aliphatic heterocycles. The number of hydrogen-bond donors (Lipinski definition) is 0. The zero-order chi connectivity index (χ0) is 21.9. The summed E-state index contributed by atoms with van der Waals surface area (Å²) >= 11 is 0. The quantitative estimate of drug-likeness (QED) is 0.531. The van der Waals surface area contributed by atoms with Gasteiger partial charge in [0.2, 0.25) is 0 Å². The average Bonchev–Trinajstić information content (AvgIpc) is 3.45. The van der Waals surface area contributed by atoms with Crippen LogP contribution in [-0.2, 0) is 17.9 Å². The molecule has 0 aliphatic carbocycles. The first-order valence-corrected chi connectivity index (χ1v) is 11.0. The van der Waals surface area contributed by atoms with Gasteiger partial charge in [0.15, 0.2) is 0 Å². The van der Waals surface area contributed by atoms with E-state index in [1.165, 1.54) is 38.1 Å². The molecule has 0 N–H and O–H groups in total. The van der Waals surface area contributed by atoms with Crippen LogP contribution in [-0.4, -0.2) is 40.9 Å². The van der Waals surface area contributed by atoms with Crippen LogP contribution in [0.5, 0.6) is 0 Å². The Morgan fingerprint density at radius 2 is 1.78 bits per heavy atom. The maximum atomic E-state index is 13.3. The lowest BCUT2D eigenvalue weighted by Gasteiger charge is -2.23. The van der Waals surface area contributed by atoms with Crippen molar-refractivity contribution >= 4 is 16.6 Å². The van der Waals surface area contributed by atoms with Crippen molar-refractivity contribution in [3.63, 3.8) is 0 Å². The Morgan fingerprint density at radius 3 is 2.53 bits per heavy atom. The van der Waals surface area contributed by atoms with Crippen molar-refractivity contribution in [1.82, 2.24) is 14.7 Å². The van der Waals surface area contributed by atoms with Crippen LogP contribution in [0.4, 0.5) is 14.5 Å². The molecule has 5 nitrogen and oxygen atoms in total. The van der Waals surface area contributed by atoms with Gasteiger partial charge < -0.3 is 14.5 Å². The third-order valence-corrected chi connectivity index (χ3v) is 6.02. The van der Waals surface area contributed by atoms with Crippen molar-refractivity contribution in [2.45, 2.75) is 26.0 Å². The predicted octanol–water partition coefficient (Wildman–Crippen LogP) is 4.84. The zero-order valence-corrected chi connectivity index (χ0v) is 17.9. The van der Waals surface area contributed by atoms with Crippen LogP contribution >= 0.6 is 0 Å². The topological polar surface area (TPSA) is 33.5 Å². The second-order valence-corrected chi connectivity index (χ2v) is 8.30. The first-order valence-electron chi connectivity index (χ1n) is 11.0. The highest BCUT2D eigenvalue weighted by atomic mass is 19.1. The molecular weight excluding hydrogens is 410 g/mol. The molecule has 1 aromatic heterocycles. The lowest BCUT2D eigenvalue weighted by Crippen LogP contribution is -2.24. The SMILES string of the molecule is Fc1cc(F)cc(COC2=CCN(c3ccc4c(cnn4CCN4CCCC4)c3)C=C2)c1. The van der Waals surface area contributed by atoms with Crippen LogP contribution in [0.1, 0.15) is 18.4 Å². The number of benzene rings is 2. The number of likely N-dealkylation sites (tertiary alicyclic amines) is 1. The van der Waals surface area contributed by atoms with Gasteiger partial charge in [0.05, 0.1) is 18.3 Å². The maximum Gasteiger partial charge on any atom is 0.126 e. The zero-order valence-electron chi connectivity index (χ0n) is 17.9. The summed E-state index contributed by atoms with van der Waals surface area (Å²) in [6, 6.07) is 9.80. The van der Waals surface area contributed by atoms with E-state index in [0.29, 0.717) is 17.9 Å². The summed E-state index contributed by atoms with van der Waals surface area (Å²) in [5, 5.41) is 5.71. The van der Waals surface area contributed by atoms with Gasteiger partial charge in [0.1, 0.15) is 24.0 Å². The smallest absolute Gasteiger partial charge is 0.126 e. The van der Waals surface area contributed by atoms with Gasteiger partial charge in [-0.15, -0.1) is 0 Å². The molecule has 5 rings (SSSR count). The summed E-state index contributed by atoms with van der Waals surface area (Å²) in [5.74, 6) is -0.517. The molecule has 0 amide bonds. The molecule has 0 atom stereocenters. The first-order chi connectivity index (χ1) is 15.6. The monoisotopic (exact) mass is 436 g/mol. The van der Waals surface area contributed by atoms with E-state index in [-0.39, 0.29) is 6.61 Å². The van der Waals surface area contributed by atoms with E-state index in [0.717, 1.165) is 35.7 Å². The minimum absolute atomic E-state index is 0.118. The van der Waals surface area contributed by atoms with Crippen LogP contribution in [0, 0.1) is 11.6 Å². The molecule has 3 aromatic rings. The number of hydrogen-bond acceptors (Lipinski definition) is 4. The Kier molecular flexibility index (Phi) is 5.90. The van der Waals surface area contributed by atoms with Crippen molar-refractivity contribution in [2.24, 2.45) is 0 Å². The van der Waals surface area contributed by atoms with Crippen LogP contribution in [0.15, 0.2) is 66.7 Å². The third-order valence-electron chi connectivity index (χ3n) is 6.02. The number of rotatable bonds is 7. The van der Waals surface area contributed by atoms with Crippen molar-refractivity contribution in [3.8, 4) is 0 Å². The molecule has 32 heavy (non-hydrogen) atoms. The van der Waals surface area contributed by atoms with Gasteiger partial charge in [0, 0.05) is 36.4 Å². The Balaban J connectivity index is 1.19. The number of anilines is 1. The fourth-order valence-electron chi connectivity index (χ4n) is 4.31. The number of fused-ring (bicyclic) bond motifs is 1. The molecule has 0 saturated carbocycles. The molecule has 0 bridgehead atoms. The van der Waals surface area contributed by atoms with Crippen LogP contribution in [0.25, 0.3) is 10.9 Å². The van der Waals surface area contributed by atoms with Gasteiger partial charge in [-0.1, -0.05) is 0 Å². The largest absolute Gasteiger partial charge is 0.489 e. The maximum absolute atomic E-state index is 13.3. The highest BCUT2D eigenvalue weighted by molar-refractivity contribution is 5.83. The molecule has 7 heteroatoms. The molecule has 1 saturated heterocycles. The molecule has 0 spiro atoms. The highest BCUT2D eigenvalue weighted by Gasteiger charge is 2.13. The molecule has 3 heterocycles. The van der Waals surface area contributed by atoms with Crippen molar-refractivity contribution in [3.05, 3.63) is 83.9 Å². The summed E-state index contributed by atoms with van der Waals surface area (Å²) in [6.45, 7) is 5.12. The van der Waals surface area contributed by atoms with E-state index >= 15 is 0 Å². The van der Waals surface area contributed by atoms with E-state index in [2.05, 4.69) is 37.8 Å². The minimum atomic E-state index is -0.599. The second kappa shape index (κ2) is 9.12. The molecule has 0 radical (unpaired) electrons. The number of ether oxygens (including phenoxy) is 1. The summed E-state index contributed by atoms with van der Waals surface area (Å²) < 4.78 is 34.4. The Hall–Kier alpha value is -3.19. The molecule has 166 valence electrons. The van der Waals surface area contributed by atoms with Gasteiger partial charge >= 0.3 is 0 Å². The van der Waals surface area contributed by atoms with Gasteiger partial charge in [-0.25, -0.2) is 8.78 Å². The summed E-state index contributed by atoms with van der Waals surface area (Å²) in [7, 11) is 0. The Morgan fingerprint density at radius 1 is 0.969 bits per heavy atom. The lowest BCUT2D eigenvalue weighted by molar-refractivity contribution is 0.209. The fraction of sp³-hybridized carbons (Fsp3) is 0.320. The number of nitrogens with zero attached hydrogens (tertiary/aromatic N) is 4. The normalized spacial score (nSPS) is 16.7. The number of allylic oxidation sites excluding steroid dienone is 1. The first kappa shape index (κ1) is 20.7. The molecule has 0 unspecified atom stereocenters. The molecule has 1 fully saturated rings. The second-order valence-electron chi connectivity index (χ2n) is 8.30. The third kappa shape index (κ3) is 4.67. The lowest BCUT2D eigenvalue weighted by atomic mass is 10.2. The van der Waals surface area contributed by atoms with Crippen LogP contribution in [0.2, 0.25) is 0 Å². The molecule has 2 aromatic carbocycles. The molecular formula is C25H26F2N4O. The van der Waals surface area contributed by atoms with E-state index < -0.39 is 11.6 Å². The summed E-state index contributed by atoms with van der Waals surface area (Å²) in [6.07, 6.45) is 10.3. The fourth-order valence-corrected chi connectivity index (χ4v) is 4.31. The molecule has 2 aliphatic rings. The predicted molar refractivity (Wildman–Crippen MR) is 121 cm³/mol.